The highest BCUT2D eigenvalue weighted by Crippen LogP contribution is 2.29. The largest absolute Gasteiger partial charge is 0.497 e. The van der Waals surface area contributed by atoms with Crippen LogP contribution >= 0.6 is 11.3 Å². The zero-order valence-electron chi connectivity index (χ0n) is 15.9. The number of nitrogens with zero attached hydrogens (tertiary/aromatic N) is 1. The topological polar surface area (TPSA) is 43.3 Å². The van der Waals surface area contributed by atoms with Crippen molar-refractivity contribution in [3.63, 3.8) is 0 Å². The lowest BCUT2D eigenvalue weighted by molar-refractivity contribution is 0.0942. The minimum atomic E-state index is -0.0570. The molecule has 0 bridgehead atoms. The molecule has 0 aliphatic heterocycles. The van der Waals surface area contributed by atoms with Crippen molar-refractivity contribution < 1.29 is 9.53 Å². The highest BCUT2D eigenvalue weighted by molar-refractivity contribution is 7.19. The fraction of sp³-hybridized carbons (Fsp3) is 0.174. The minimum absolute atomic E-state index is 0.0570. The van der Waals surface area contributed by atoms with Crippen molar-refractivity contribution in [1.82, 2.24) is 9.88 Å². The molecule has 28 heavy (non-hydrogen) atoms. The van der Waals surface area contributed by atoms with Crippen LogP contribution in [0.4, 0.5) is 0 Å². The number of carbonyl (C=O) groups excluding carboxylic acids is 1. The van der Waals surface area contributed by atoms with E-state index >= 15 is 0 Å². The number of benzene rings is 2. The first-order valence-electron chi connectivity index (χ1n) is 9.19. The average molecular weight is 391 g/mol. The maximum absolute atomic E-state index is 12.9. The number of ether oxygens (including phenoxy) is 1. The molecule has 4 rings (SSSR count). The molecule has 142 valence electrons. The molecule has 0 fully saturated rings. The van der Waals surface area contributed by atoms with Crippen molar-refractivity contribution in [2.45, 2.75) is 20.0 Å². The lowest BCUT2D eigenvalue weighted by atomic mass is 10.2. The van der Waals surface area contributed by atoms with Crippen LogP contribution in [0.25, 0.3) is 10.2 Å². The summed E-state index contributed by atoms with van der Waals surface area (Å²) in [5.41, 5.74) is 4.00. The molecule has 0 radical (unpaired) electrons. The van der Waals surface area contributed by atoms with E-state index in [2.05, 4.69) is 22.9 Å². The zero-order chi connectivity index (χ0) is 19.5. The second-order valence-electron chi connectivity index (χ2n) is 6.74. The lowest BCUT2D eigenvalue weighted by Crippen LogP contribution is -2.25. The Labute approximate surface area is 168 Å². The highest BCUT2D eigenvalue weighted by Gasteiger charge is 2.17. The van der Waals surface area contributed by atoms with Gasteiger partial charge in [0, 0.05) is 18.0 Å². The number of aryl methyl sites for hydroxylation is 1. The SMILES string of the molecule is COc1ccc(Cn2c(C(=O)NCc3ccccc3)cc3sc(C)cc32)cc1. The number of hydrogen-bond acceptors (Lipinski definition) is 3. The van der Waals surface area contributed by atoms with Crippen molar-refractivity contribution in [3.8, 4) is 5.75 Å². The normalized spacial score (nSPS) is 10.9. The molecule has 0 unspecified atom stereocenters. The van der Waals surface area contributed by atoms with Gasteiger partial charge >= 0.3 is 0 Å². The van der Waals surface area contributed by atoms with Crippen LogP contribution in [-0.4, -0.2) is 17.6 Å². The molecule has 2 heterocycles. The highest BCUT2D eigenvalue weighted by atomic mass is 32.1. The number of fused-ring (bicyclic) bond motifs is 1. The van der Waals surface area contributed by atoms with E-state index in [4.69, 9.17) is 4.74 Å². The minimum Gasteiger partial charge on any atom is -0.497 e. The van der Waals surface area contributed by atoms with Crippen molar-refractivity contribution in [3.05, 3.63) is 88.4 Å². The smallest absolute Gasteiger partial charge is 0.268 e. The first-order valence-corrected chi connectivity index (χ1v) is 10.0. The summed E-state index contributed by atoms with van der Waals surface area (Å²) in [6.45, 7) is 3.25. The van der Waals surface area contributed by atoms with E-state index < -0.39 is 0 Å². The number of nitrogens with one attached hydrogen (secondary N) is 1. The van der Waals surface area contributed by atoms with Gasteiger partial charge in [-0.2, -0.15) is 0 Å². The third-order valence-corrected chi connectivity index (χ3v) is 5.73. The molecule has 2 aromatic heterocycles. The first kappa shape index (κ1) is 18.3. The van der Waals surface area contributed by atoms with Crippen LogP contribution in [0.1, 0.15) is 26.5 Å². The number of aromatic nitrogens is 1. The number of rotatable bonds is 6. The lowest BCUT2D eigenvalue weighted by Gasteiger charge is -2.12. The first-order chi connectivity index (χ1) is 13.6. The van der Waals surface area contributed by atoms with E-state index in [1.807, 2.05) is 60.7 Å². The van der Waals surface area contributed by atoms with Gasteiger partial charge in [0.2, 0.25) is 0 Å². The molecule has 0 spiro atoms. The quantitative estimate of drug-likeness (QED) is 0.504. The monoisotopic (exact) mass is 390 g/mol. The third kappa shape index (κ3) is 3.80. The Bertz CT molecular complexity index is 1100. The van der Waals surface area contributed by atoms with Crippen LogP contribution in [0.15, 0.2) is 66.7 Å². The second-order valence-corrected chi connectivity index (χ2v) is 8.03. The maximum Gasteiger partial charge on any atom is 0.268 e. The van der Waals surface area contributed by atoms with Crippen LogP contribution in [-0.2, 0) is 13.1 Å². The summed E-state index contributed by atoms with van der Waals surface area (Å²) in [5, 5.41) is 3.05. The van der Waals surface area contributed by atoms with Gasteiger partial charge in [-0.1, -0.05) is 42.5 Å². The van der Waals surface area contributed by atoms with Gasteiger partial charge < -0.3 is 14.6 Å². The van der Waals surface area contributed by atoms with Gasteiger partial charge in [0.15, 0.2) is 0 Å². The molecular weight excluding hydrogens is 368 g/mol. The van der Waals surface area contributed by atoms with Crippen molar-refractivity contribution in [2.75, 3.05) is 7.11 Å². The summed E-state index contributed by atoms with van der Waals surface area (Å²) < 4.78 is 8.48. The Morgan fingerprint density at radius 1 is 1.04 bits per heavy atom. The molecule has 2 aromatic carbocycles. The van der Waals surface area contributed by atoms with E-state index in [9.17, 15) is 4.79 Å². The Morgan fingerprint density at radius 2 is 1.79 bits per heavy atom. The molecule has 4 nitrogen and oxygen atoms in total. The van der Waals surface area contributed by atoms with Gasteiger partial charge in [0.25, 0.3) is 5.91 Å². The third-order valence-electron chi connectivity index (χ3n) is 4.74. The number of hydrogen-bond donors (Lipinski definition) is 1. The molecule has 1 amide bonds. The number of thiophene rings is 1. The van der Waals surface area contributed by atoms with Crippen molar-refractivity contribution in [1.29, 1.82) is 0 Å². The predicted octanol–water partition coefficient (Wildman–Crippen LogP) is 5.00. The van der Waals surface area contributed by atoms with E-state index in [0.29, 0.717) is 18.8 Å². The van der Waals surface area contributed by atoms with E-state index in [1.165, 1.54) is 4.88 Å². The standard InChI is InChI=1S/C23H22N2O2S/c1-16-12-20-22(28-16)13-21(23(26)24-14-17-6-4-3-5-7-17)25(20)15-18-8-10-19(27-2)11-9-18/h3-13H,14-15H2,1-2H3,(H,24,26). The van der Waals surface area contributed by atoms with E-state index in [1.54, 1.807) is 18.4 Å². The number of methoxy groups -OCH3 is 1. The molecule has 1 N–H and O–H groups in total. The van der Waals surface area contributed by atoms with Crippen molar-refractivity contribution in [2.24, 2.45) is 0 Å². The van der Waals surface area contributed by atoms with E-state index in [0.717, 1.165) is 27.1 Å². The summed E-state index contributed by atoms with van der Waals surface area (Å²) >= 11 is 1.71. The Hall–Kier alpha value is -3.05. The van der Waals surface area contributed by atoms with Crippen LogP contribution < -0.4 is 10.1 Å². The zero-order valence-corrected chi connectivity index (χ0v) is 16.8. The maximum atomic E-state index is 12.9. The van der Waals surface area contributed by atoms with E-state index in [-0.39, 0.29) is 5.91 Å². The van der Waals surface area contributed by atoms with Gasteiger partial charge in [-0.15, -0.1) is 11.3 Å². The van der Waals surface area contributed by atoms with Crippen LogP contribution in [0.2, 0.25) is 0 Å². The van der Waals surface area contributed by atoms with Crippen LogP contribution in [0.5, 0.6) is 5.75 Å². The molecule has 0 aliphatic rings. The van der Waals surface area contributed by atoms with Gasteiger partial charge in [-0.3, -0.25) is 4.79 Å². The molecular formula is C23H22N2O2S. The van der Waals surface area contributed by atoms with Gasteiger partial charge in [0.05, 0.1) is 17.3 Å². The Kier molecular flexibility index (Phi) is 5.17. The molecule has 5 heteroatoms. The molecule has 0 aliphatic carbocycles. The molecule has 0 saturated heterocycles. The van der Waals surface area contributed by atoms with Gasteiger partial charge in [-0.25, -0.2) is 0 Å². The predicted molar refractivity (Wildman–Crippen MR) is 114 cm³/mol. The fourth-order valence-electron chi connectivity index (χ4n) is 3.31. The number of carbonyl (C=O) groups is 1. The summed E-state index contributed by atoms with van der Waals surface area (Å²) in [5.74, 6) is 0.770. The van der Waals surface area contributed by atoms with Crippen LogP contribution in [0, 0.1) is 6.92 Å². The summed E-state index contributed by atoms with van der Waals surface area (Å²) in [6, 6.07) is 22.1. The second kappa shape index (κ2) is 7.90. The fourth-order valence-corrected chi connectivity index (χ4v) is 4.27. The summed E-state index contributed by atoms with van der Waals surface area (Å²) in [7, 11) is 1.66. The van der Waals surface area contributed by atoms with Gasteiger partial charge in [0.1, 0.15) is 11.4 Å². The van der Waals surface area contributed by atoms with Gasteiger partial charge in [-0.05, 0) is 42.3 Å². The number of amides is 1. The average Bonchev–Trinajstić information content (AvgIpc) is 3.24. The summed E-state index contributed by atoms with van der Waals surface area (Å²) in [4.78, 5) is 14.2. The Morgan fingerprint density at radius 3 is 2.50 bits per heavy atom. The molecule has 0 atom stereocenters. The molecule has 0 saturated carbocycles. The van der Waals surface area contributed by atoms with Crippen molar-refractivity contribution >= 4 is 27.5 Å². The van der Waals surface area contributed by atoms with Crippen LogP contribution in [0.3, 0.4) is 0 Å². The Balaban J connectivity index is 1.62. The molecule has 4 aromatic rings. The summed E-state index contributed by atoms with van der Waals surface area (Å²) in [6.07, 6.45) is 0.